The van der Waals surface area contributed by atoms with Crippen LogP contribution in [0.15, 0.2) is 101 Å². The number of carbonyl (C=O) groups excluding carboxylic acids is 1. The highest BCUT2D eigenvalue weighted by molar-refractivity contribution is 6.42. The molecule has 0 N–H and O–H groups in total. The van der Waals surface area contributed by atoms with Crippen LogP contribution in [-0.2, 0) is 13.0 Å². The first-order chi connectivity index (χ1) is 18.0. The number of hydrogen-bond donors (Lipinski definition) is 0. The second-order valence-corrected chi connectivity index (χ2v) is 9.60. The van der Waals surface area contributed by atoms with Crippen molar-refractivity contribution in [1.82, 2.24) is 14.7 Å². The van der Waals surface area contributed by atoms with E-state index in [1.165, 1.54) is 0 Å². The minimum Gasteiger partial charge on any atom is -0.460 e. The number of nitrogens with zero attached hydrogens (tertiary/aromatic N) is 3. The Bertz CT molecular complexity index is 1510. The van der Waals surface area contributed by atoms with Crippen molar-refractivity contribution in [3.05, 3.63) is 130 Å². The quantitative estimate of drug-likeness (QED) is 0.207. The highest BCUT2D eigenvalue weighted by Crippen LogP contribution is 2.28. The van der Waals surface area contributed by atoms with Crippen molar-refractivity contribution in [2.24, 2.45) is 0 Å². The molecule has 37 heavy (non-hydrogen) atoms. The van der Waals surface area contributed by atoms with Crippen molar-refractivity contribution >= 4 is 29.1 Å². The fraction of sp³-hybridized carbons (Fsp3) is 0.133. The minimum absolute atomic E-state index is 0.145. The van der Waals surface area contributed by atoms with Gasteiger partial charge in [-0.15, -0.1) is 0 Å². The van der Waals surface area contributed by atoms with Gasteiger partial charge in [-0.1, -0.05) is 83.9 Å². The zero-order chi connectivity index (χ0) is 25.8. The number of halogens is 2. The standard InChI is InChI=1S/C30H25Cl2N3O2/c1-21-12-15-29(37-21)27-19-28(35(33-27)24-13-14-25(31)26(32)18-24)30(36)34(20-23-10-6-3-7-11-23)17-16-22-8-4-2-5-9-22/h2-15,18-19H,16-17,20H2,1H3. The van der Waals surface area contributed by atoms with Crippen molar-refractivity contribution < 1.29 is 9.21 Å². The van der Waals surface area contributed by atoms with E-state index >= 15 is 0 Å². The molecule has 0 saturated heterocycles. The van der Waals surface area contributed by atoms with Crippen LogP contribution in [0.2, 0.25) is 10.0 Å². The van der Waals surface area contributed by atoms with Crippen LogP contribution in [0.5, 0.6) is 0 Å². The molecular weight excluding hydrogens is 505 g/mol. The maximum absolute atomic E-state index is 14.1. The Hall–Kier alpha value is -3.80. The van der Waals surface area contributed by atoms with Crippen LogP contribution in [0, 0.1) is 6.92 Å². The maximum Gasteiger partial charge on any atom is 0.272 e. The number of aromatic nitrogens is 2. The second kappa shape index (κ2) is 11.1. The number of hydrogen-bond acceptors (Lipinski definition) is 3. The molecule has 3 aromatic carbocycles. The van der Waals surface area contributed by atoms with E-state index in [4.69, 9.17) is 32.7 Å². The third-order valence-electron chi connectivity index (χ3n) is 6.09. The van der Waals surface area contributed by atoms with Crippen LogP contribution in [0.25, 0.3) is 17.1 Å². The van der Waals surface area contributed by atoms with E-state index in [0.29, 0.717) is 46.0 Å². The fourth-order valence-electron chi connectivity index (χ4n) is 4.17. The van der Waals surface area contributed by atoms with Crippen molar-refractivity contribution in [3.8, 4) is 17.1 Å². The van der Waals surface area contributed by atoms with Gasteiger partial charge < -0.3 is 9.32 Å². The summed E-state index contributed by atoms with van der Waals surface area (Å²) < 4.78 is 7.42. The van der Waals surface area contributed by atoms with Gasteiger partial charge in [0.2, 0.25) is 0 Å². The molecule has 0 aliphatic rings. The lowest BCUT2D eigenvalue weighted by Crippen LogP contribution is -2.34. The molecule has 0 fully saturated rings. The summed E-state index contributed by atoms with van der Waals surface area (Å²) in [6.07, 6.45) is 0.727. The summed E-state index contributed by atoms with van der Waals surface area (Å²) in [7, 11) is 0. The maximum atomic E-state index is 14.1. The van der Waals surface area contributed by atoms with Crippen LogP contribution in [0.4, 0.5) is 0 Å². The third-order valence-corrected chi connectivity index (χ3v) is 6.82. The SMILES string of the molecule is Cc1ccc(-c2cc(C(=O)N(CCc3ccccc3)Cc3ccccc3)n(-c3ccc(Cl)c(Cl)c3)n2)o1. The fourth-order valence-corrected chi connectivity index (χ4v) is 4.46. The van der Waals surface area contributed by atoms with Gasteiger partial charge >= 0.3 is 0 Å². The number of amides is 1. The first-order valence-corrected chi connectivity index (χ1v) is 12.7. The van der Waals surface area contributed by atoms with E-state index in [2.05, 4.69) is 12.1 Å². The summed E-state index contributed by atoms with van der Waals surface area (Å²) in [5.74, 6) is 1.21. The Morgan fingerprint density at radius 3 is 2.22 bits per heavy atom. The van der Waals surface area contributed by atoms with Crippen LogP contribution >= 0.6 is 23.2 Å². The first-order valence-electron chi connectivity index (χ1n) is 12.0. The van der Waals surface area contributed by atoms with Gasteiger partial charge in [-0.05, 0) is 54.8 Å². The zero-order valence-electron chi connectivity index (χ0n) is 20.3. The van der Waals surface area contributed by atoms with Gasteiger partial charge in [-0.25, -0.2) is 4.68 Å². The molecule has 5 nitrogen and oxygen atoms in total. The van der Waals surface area contributed by atoms with Crippen molar-refractivity contribution in [1.29, 1.82) is 0 Å². The largest absolute Gasteiger partial charge is 0.460 e. The topological polar surface area (TPSA) is 51.3 Å². The molecule has 0 aliphatic carbocycles. The Balaban J connectivity index is 1.55. The third kappa shape index (κ3) is 5.79. The van der Waals surface area contributed by atoms with E-state index in [9.17, 15) is 4.79 Å². The summed E-state index contributed by atoms with van der Waals surface area (Å²) >= 11 is 12.5. The van der Waals surface area contributed by atoms with Gasteiger partial charge in [0.25, 0.3) is 5.91 Å². The van der Waals surface area contributed by atoms with E-state index in [-0.39, 0.29) is 5.91 Å². The Labute approximate surface area is 225 Å². The lowest BCUT2D eigenvalue weighted by Gasteiger charge is -2.23. The molecule has 5 rings (SSSR count). The lowest BCUT2D eigenvalue weighted by atomic mass is 10.1. The lowest BCUT2D eigenvalue weighted by molar-refractivity contribution is 0.0736. The molecule has 0 saturated carbocycles. The molecular formula is C30H25Cl2N3O2. The Morgan fingerprint density at radius 2 is 1.57 bits per heavy atom. The van der Waals surface area contributed by atoms with Crippen LogP contribution in [0.3, 0.4) is 0 Å². The summed E-state index contributed by atoms with van der Waals surface area (Å²) in [5.41, 5.74) is 3.82. The molecule has 0 aliphatic heterocycles. The van der Waals surface area contributed by atoms with E-state index in [1.807, 2.05) is 72.5 Å². The molecule has 2 heterocycles. The van der Waals surface area contributed by atoms with Gasteiger partial charge in [0.05, 0.1) is 15.7 Å². The van der Waals surface area contributed by atoms with Gasteiger partial charge in [0, 0.05) is 19.2 Å². The highest BCUT2D eigenvalue weighted by Gasteiger charge is 2.24. The highest BCUT2D eigenvalue weighted by atomic mass is 35.5. The van der Waals surface area contributed by atoms with Gasteiger partial charge in [0.15, 0.2) is 5.76 Å². The smallest absolute Gasteiger partial charge is 0.272 e. The summed E-state index contributed by atoms with van der Waals surface area (Å²) in [5, 5.41) is 5.55. The minimum atomic E-state index is -0.145. The number of carbonyl (C=O) groups is 1. The van der Waals surface area contributed by atoms with Crippen molar-refractivity contribution in [3.63, 3.8) is 0 Å². The summed E-state index contributed by atoms with van der Waals surface area (Å²) in [4.78, 5) is 16.0. The zero-order valence-corrected chi connectivity index (χ0v) is 21.8. The summed E-state index contributed by atoms with van der Waals surface area (Å²) in [6, 6.07) is 30.8. The number of benzene rings is 3. The Kier molecular flexibility index (Phi) is 7.45. The van der Waals surface area contributed by atoms with Gasteiger partial charge in [-0.3, -0.25) is 4.79 Å². The predicted octanol–water partition coefficient (Wildman–Crippen LogP) is 7.63. The molecule has 2 aromatic heterocycles. The molecule has 0 atom stereocenters. The van der Waals surface area contributed by atoms with Crippen LogP contribution in [-0.4, -0.2) is 27.1 Å². The average molecular weight is 530 g/mol. The molecule has 0 bridgehead atoms. The monoisotopic (exact) mass is 529 g/mol. The molecule has 1 amide bonds. The van der Waals surface area contributed by atoms with Gasteiger partial charge in [-0.2, -0.15) is 5.10 Å². The predicted molar refractivity (Wildman–Crippen MR) is 147 cm³/mol. The molecule has 0 radical (unpaired) electrons. The molecule has 0 spiro atoms. The number of aryl methyl sites for hydroxylation is 1. The normalized spacial score (nSPS) is 11.0. The number of rotatable bonds is 8. The van der Waals surface area contributed by atoms with Crippen molar-refractivity contribution in [2.45, 2.75) is 19.9 Å². The van der Waals surface area contributed by atoms with Crippen LogP contribution < -0.4 is 0 Å². The van der Waals surface area contributed by atoms with E-state index in [1.54, 1.807) is 28.9 Å². The number of furan rings is 1. The van der Waals surface area contributed by atoms with E-state index < -0.39 is 0 Å². The molecule has 5 aromatic rings. The molecule has 0 unspecified atom stereocenters. The van der Waals surface area contributed by atoms with E-state index in [0.717, 1.165) is 23.3 Å². The van der Waals surface area contributed by atoms with Crippen molar-refractivity contribution in [2.75, 3.05) is 6.54 Å². The second-order valence-electron chi connectivity index (χ2n) is 8.78. The first kappa shape index (κ1) is 24.9. The molecule has 7 heteroatoms. The summed E-state index contributed by atoms with van der Waals surface area (Å²) in [6.45, 7) is 2.88. The molecule has 186 valence electrons. The average Bonchev–Trinajstić information content (AvgIpc) is 3.56. The van der Waals surface area contributed by atoms with Gasteiger partial charge in [0.1, 0.15) is 17.1 Å². The Morgan fingerprint density at radius 1 is 0.865 bits per heavy atom. The van der Waals surface area contributed by atoms with Crippen LogP contribution in [0.1, 0.15) is 27.4 Å².